The molecule has 1 atom stereocenters. The van der Waals surface area contributed by atoms with Gasteiger partial charge in [-0.05, 0) is 49.8 Å². The summed E-state index contributed by atoms with van der Waals surface area (Å²) in [4.78, 5) is 22.5. The third-order valence-electron chi connectivity index (χ3n) is 5.48. The molecule has 0 fully saturated rings. The quantitative estimate of drug-likeness (QED) is 0.526. The molecule has 0 saturated carbocycles. The second-order valence-corrected chi connectivity index (χ2v) is 8.63. The summed E-state index contributed by atoms with van der Waals surface area (Å²) in [6, 6.07) is 7.41. The van der Waals surface area contributed by atoms with Gasteiger partial charge in [0.25, 0.3) is 5.56 Å². The van der Waals surface area contributed by atoms with Crippen molar-refractivity contribution < 1.29 is 9.15 Å². The molecule has 0 bridgehead atoms. The molecule has 6 nitrogen and oxygen atoms in total. The minimum absolute atomic E-state index is 0.0536. The lowest BCUT2D eigenvalue weighted by molar-refractivity contribution is 0.336. The summed E-state index contributed by atoms with van der Waals surface area (Å²) in [6.45, 7) is 4.66. The molecule has 0 saturated heterocycles. The van der Waals surface area contributed by atoms with Crippen molar-refractivity contribution in [3.63, 3.8) is 0 Å². The van der Waals surface area contributed by atoms with E-state index in [-0.39, 0.29) is 11.1 Å². The molecule has 29 heavy (non-hydrogen) atoms. The molecule has 1 aromatic carbocycles. The summed E-state index contributed by atoms with van der Waals surface area (Å²) in [7, 11) is 0. The van der Waals surface area contributed by atoms with Gasteiger partial charge in [0.05, 0.1) is 17.6 Å². The molecule has 148 valence electrons. The van der Waals surface area contributed by atoms with E-state index >= 15 is 0 Å². The Morgan fingerprint density at radius 1 is 1.41 bits per heavy atom. The Morgan fingerprint density at radius 2 is 2.28 bits per heavy atom. The first-order valence-electron chi connectivity index (χ1n) is 9.84. The third kappa shape index (κ3) is 2.97. The van der Waals surface area contributed by atoms with Crippen molar-refractivity contribution in [1.29, 1.82) is 5.41 Å². The van der Waals surface area contributed by atoms with Crippen molar-refractivity contribution in [1.82, 2.24) is 9.97 Å². The number of aromatic nitrogens is 2. The maximum Gasteiger partial charge on any atom is 0.260 e. The van der Waals surface area contributed by atoms with Crippen LogP contribution in [0.15, 0.2) is 33.5 Å². The number of fused-ring (bicyclic) bond motifs is 4. The van der Waals surface area contributed by atoms with Crippen LogP contribution >= 0.6 is 11.3 Å². The summed E-state index contributed by atoms with van der Waals surface area (Å²) >= 11 is 1.60. The van der Waals surface area contributed by atoms with Crippen molar-refractivity contribution in [3.05, 3.63) is 50.6 Å². The Labute approximate surface area is 170 Å². The van der Waals surface area contributed by atoms with Crippen LogP contribution in [0, 0.1) is 11.3 Å². The standard InChI is InChI=1S/C22H21N3O3S/c1-3-27-15-6-4-5-12-10-14(19(23)28-18(12)15)20-24-21(26)17-13-8-7-11(2)9-16(13)29-22(17)25-20/h4-6,10-11,23H,3,7-9H2,1-2H3,(H,24,25,26). The number of nitrogens with one attached hydrogen (secondary N) is 2. The van der Waals surface area contributed by atoms with Crippen molar-refractivity contribution in [2.75, 3.05) is 6.61 Å². The second kappa shape index (κ2) is 6.84. The Morgan fingerprint density at radius 3 is 3.10 bits per heavy atom. The normalized spacial score (nSPS) is 16.3. The van der Waals surface area contributed by atoms with Crippen LogP contribution in [-0.4, -0.2) is 16.6 Å². The number of ether oxygens (including phenoxy) is 1. The topological polar surface area (TPSA) is 92.0 Å². The van der Waals surface area contributed by atoms with E-state index in [0.29, 0.717) is 40.6 Å². The minimum atomic E-state index is -0.139. The van der Waals surface area contributed by atoms with Gasteiger partial charge in [-0.15, -0.1) is 11.3 Å². The smallest absolute Gasteiger partial charge is 0.260 e. The monoisotopic (exact) mass is 407 g/mol. The fourth-order valence-electron chi connectivity index (χ4n) is 4.06. The molecule has 2 N–H and O–H groups in total. The van der Waals surface area contributed by atoms with Crippen LogP contribution in [0.3, 0.4) is 0 Å². The molecule has 1 unspecified atom stereocenters. The number of H-pyrrole nitrogens is 1. The number of thiophene rings is 1. The summed E-state index contributed by atoms with van der Waals surface area (Å²) in [6.07, 6.45) is 3.03. The SMILES string of the molecule is CCOc1cccc2cc(-c3nc4sc5c(c4c(=O)[nH]3)CCC(C)C5)c(=N)oc12. The second-order valence-electron chi connectivity index (χ2n) is 7.54. The largest absolute Gasteiger partial charge is 0.490 e. The maximum atomic E-state index is 12.9. The number of rotatable bonds is 3. The number of hydrogen-bond acceptors (Lipinski definition) is 6. The number of benzene rings is 1. The van der Waals surface area contributed by atoms with Gasteiger partial charge >= 0.3 is 0 Å². The molecular formula is C22H21N3O3S. The van der Waals surface area contributed by atoms with Crippen LogP contribution in [0.2, 0.25) is 0 Å². The van der Waals surface area contributed by atoms with Gasteiger partial charge in [-0.1, -0.05) is 19.1 Å². The average Bonchev–Trinajstić information content (AvgIpc) is 3.06. The van der Waals surface area contributed by atoms with Crippen LogP contribution in [0.5, 0.6) is 5.75 Å². The molecule has 1 aliphatic carbocycles. The van der Waals surface area contributed by atoms with Crippen LogP contribution < -0.4 is 15.9 Å². The molecule has 1 aliphatic rings. The highest BCUT2D eigenvalue weighted by Gasteiger charge is 2.23. The fraction of sp³-hybridized carbons (Fsp3) is 0.318. The van der Waals surface area contributed by atoms with Gasteiger partial charge in [-0.25, -0.2) is 4.98 Å². The molecular weight excluding hydrogens is 386 g/mol. The van der Waals surface area contributed by atoms with E-state index in [4.69, 9.17) is 19.5 Å². The Hall–Kier alpha value is -2.93. The highest BCUT2D eigenvalue weighted by molar-refractivity contribution is 7.18. The molecule has 0 aliphatic heterocycles. The first kappa shape index (κ1) is 18.1. The predicted octanol–water partition coefficient (Wildman–Crippen LogP) is 4.40. The molecule has 4 aromatic rings. The first-order chi connectivity index (χ1) is 14.0. The van der Waals surface area contributed by atoms with E-state index in [0.717, 1.165) is 35.0 Å². The van der Waals surface area contributed by atoms with E-state index in [1.165, 1.54) is 4.88 Å². The first-order valence-corrected chi connectivity index (χ1v) is 10.7. The third-order valence-corrected chi connectivity index (χ3v) is 6.63. The van der Waals surface area contributed by atoms with E-state index < -0.39 is 0 Å². The predicted molar refractivity (Wildman–Crippen MR) is 114 cm³/mol. The molecule has 0 radical (unpaired) electrons. The Bertz CT molecular complexity index is 1370. The zero-order valence-electron chi connectivity index (χ0n) is 16.3. The van der Waals surface area contributed by atoms with Crippen LogP contribution in [-0.2, 0) is 12.8 Å². The molecule has 0 spiro atoms. The van der Waals surface area contributed by atoms with Gasteiger partial charge in [-0.2, -0.15) is 0 Å². The number of aromatic amines is 1. The highest BCUT2D eigenvalue weighted by atomic mass is 32.1. The minimum Gasteiger partial charge on any atom is -0.490 e. The van der Waals surface area contributed by atoms with Crippen molar-refractivity contribution in [2.24, 2.45) is 5.92 Å². The molecule has 0 amide bonds. The lowest BCUT2D eigenvalue weighted by Gasteiger charge is -2.17. The van der Waals surface area contributed by atoms with Gasteiger partial charge in [0.1, 0.15) is 10.7 Å². The van der Waals surface area contributed by atoms with Crippen LogP contribution in [0.1, 0.15) is 30.7 Å². The highest BCUT2D eigenvalue weighted by Crippen LogP contribution is 2.36. The van der Waals surface area contributed by atoms with Gasteiger partial charge in [0.15, 0.2) is 11.3 Å². The van der Waals surface area contributed by atoms with Gasteiger partial charge in [-0.3, -0.25) is 10.2 Å². The van der Waals surface area contributed by atoms with Gasteiger partial charge in [0, 0.05) is 10.3 Å². The number of para-hydroxylation sites is 1. The molecule has 7 heteroatoms. The number of aryl methyl sites for hydroxylation is 1. The van der Waals surface area contributed by atoms with Gasteiger partial charge in [0.2, 0.25) is 5.55 Å². The van der Waals surface area contributed by atoms with Crippen molar-refractivity contribution in [2.45, 2.75) is 33.1 Å². The van der Waals surface area contributed by atoms with E-state index in [1.807, 2.05) is 31.2 Å². The van der Waals surface area contributed by atoms with Crippen LogP contribution in [0.4, 0.5) is 0 Å². The number of hydrogen-bond donors (Lipinski definition) is 2. The fourth-order valence-corrected chi connectivity index (χ4v) is 5.44. The van der Waals surface area contributed by atoms with Crippen LogP contribution in [0.25, 0.3) is 32.6 Å². The lowest BCUT2D eigenvalue weighted by atomic mass is 9.89. The molecule has 5 rings (SSSR count). The molecule has 3 heterocycles. The Kier molecular flexibility index (Phi) is 4.28. The molecule has 3 aromatic heterocycles. The van der Waals surface area contributed by atoms with Crippen molar-refractivity contribution >= 4 is 32.5 Å². The summed E-state index contributed by atoms with van der Waals surface area (Å²) < 4.78 is 11.4. The average molecular weight is 407 g/mol. The Balaban J connectivity index is 1.70. The number of nitrogens with zero attached hydrogens (tertiary/aromatic N) is 1. The zero-order chi connectivity index (χ0) is 20.1. The van der Waals surface area contributed by atoms with E-state index in [2.05, 4.69) is 11.9 Å². The van der Waals surface area contributed by atoms with E-state index in [9.17, 15) is 4.79 Å². The van der Waals surface area contributed by atoms with Gasteiger partial charge < -0.3 is 14.1 Å². The zero-order valence-corrected chi connectivity index (χ0v) is 17.1. The summed E-state index contributed by atoms with van der Waals surface area (Å²) in [5, 5.41) is 9.88. The maximum absolute atomic E-state index is 12.9. The summed E-state index contributed by atoms with van der Waals surface area (Å²) in [5.41, 5.74) is 1.94. The lowest BCUT2D eigenvalue weighted by Crippen LogP contribution is -2.15. The summed E-state index contributed by atoms with van der Waals surface area (Å²) in [5.74, 6) is 1.60. The van der Waals surface area contributed by atoms with Crippen molar-refractivity contribution in [3.8, 4) is 17.1 Å². The van der Waals surface area contributed by atoms with E-state index in [1.54, 1.807) is 11.3 Å².